The van der Waals surface area contributed by atoms with E-state index in [4.69, 9.17) is 16.3 Å². The van der Waals surface area contributed by atoms with Crippen LogP contribution in [-0.4, -0.2) is 38.7 Å². The van der Waals surface area contributed by atoms with Crippen molar-refractivity contribution in [1.82, 2.24) is 15.5 Å². The van der Waals surface area contributed by atoms with Gasteiger partial charge in [-0.15, -0.1) is 0 Å². The number of hydrogen-bond donors (Lipinski definition) is 2. The molecule has 2 rings (SSSR count). The largest absolute Gasteiger partial charge is 0.497 e. The minimum atomic E-state index is -0.222. The molecule has 5 nitrogen and oxygen atoms in total. The van der Waals surface area contributed by atoms with E-state index in [1.807, 2.05) is 62.6 Å². The Morgan fingerprint density at radius 1 is 1.12 bits per heavy atom. The molecule has 0 aliphatic heterocycles. The number of amides is 2. The van der Waals surface area contributed by atoms with Gasteiger partial charge in [0.2, 0.25) is 0 Å². The number of carbonyl (C=O) groups is 1. The molecule has 1 unspecified atom stereocenters. The summed E-state index contributed by atoms with van der Waals surface area (Å²) in [6.07, 6.45) is 0. The van der Waals surface area contributed by atoms with E-state index in [0.717, 1.165) is 16.9 Å². The molecule has 2 N–H and O–H groups in total. The second-order valence-corrected chi connectivity index (χ2v) is 6.31. The van der Waals surface area contributed by atoms with Crippen molar-refractivity contribution in [2.75, 3.05) is 27.7 Å². The Kier molecular flexibility index (Phi) is 7.10. The quantitative estimate of drug-likeness (QED) is 0.794. The Hall–Kier alpha value is -2.24. The minimum Gasteiger partial charge on any atom is -0.497 e. The highest BCUT2D eigenvalue weighted by Crippen LogP contribution is 2.20. The van der Waals surface area contributed by atoms with E-state index in [0.29, 0.717) is 18.1 Å². The lowest BCUT2D eigenvalue weighted by Crippen LogP contribution is -2.40. The molecule has 6 heteroatoms. The van der Waals surface area contributed by atoms with Crippen molar-refractivity contribution in [3.8, 4) is 5.75 Å². The maximum atomic E-state index is 12.1. The van der Waals surface area contributed by atoms with Crippen LogP contribution in [0.25, 0.3) is 0 Å². The summed E-state index contributed by atoms with van der Waals surface area (Å²) in [4.78, 5) is 14.1. The zero-order valence-corrected chi connectivity index (χ0v) is 15.5. The first-order valence-corrected chi connectivity index (χ1v) is 8.44. The molecular formula is C19H24ClN3O2. The van der Waals surface area contributed by atoms with Gasteiger partial charge in [-0.2, -0.15) is 0 Å². The molecule has 25 heavy (non-hydrogen) atoms. The Balaban J connectivity index is 1.89. The summed E-state index contributed by atoms with van der Waals surface area (Å²) in [5.41, 5.74) is 2.00. The molecule has 2 amide bonds. The van der Waals surface area contributed by atoms with Gasteiger partial charge in [0, 0.05) is 18.1 Å². The van der Waals surface area contributed by atoms with Gasteiger partial charge in [-0.3, -0.25) is 0 Å². The fourth-order valence-corrected chi connectivity index (χ4v) is 2.70. The lowest BCUT2D eigenvalue weighted by atomic mass is 10.1. The van der Waals surface area contributed by atoms with E-state index in [2.05, 4.69) is 15.5 Å². The summed E-state index contributed by atoms with van der Waals surface area (Å²) in [7, 11) is 5.61. The van der Waals surface area contributed by atoms with Crippen LogP contribution < -0.4 is 15.4 Å². The molecule has 0 aromatic heterocycles. The van der Waals surface area contributed by atoms with Crippen LogP contribution in [0.15, 0.2) is 48.5 Å². The van der Waals surface area contributed by atoms with Crippen molar-refractivity contribution >= 4 is 17.6 Å². The number of hydrogen-bond acceptors (Lipinski definition) is 3. The zero-order chi connectivity index (χ0) is 18.2. The van der Waals surface area contributed by atoms with Crippen LogP contribution in [0.2, 0.25) is 5.02 Å². The molecule has 2 aromatic carbocycles. The van der Waals surface area contributed by atoms with E-state index in [1.54, 1.807) is 7.11 Å². The smallest absolute Gasteiger partial charge is 0.315 e. The number of methoxy groups -OCH3 is 1. The average Bonchev–Trinajstić information content (AvgIpc) is 2.61. The molecule has 0 heterocycles. The van der Waals surface area contributed by atoms with Gasteiger partial charge in [0.15, 0.2) is 0 Å². The maximum absolute atomic E-state index is 12.1. The Morgan fingerprint density at radius 2 is 1.80 bits per heavy atom. The van der Waals surface area contributed by atoms with Crippen LogP contribution in [0.5, 0.6) is 5.75 Å². The van der Waals surface area contributed by atoms with Gasteiger partial charge in [0.1, 0.15) is 5.75 Å². The van der Waals surface area contributed by atoms with Gasteiger partial charge in [0.05, 0.1) is 13.2 Å². The zero-order valence-electron chi connectivity index (χ0n) is 14.8. The highest BCUT2D eigenvalue weighted by Gasteiger charge is 2.15. The van der Waals surface area contributed by atoms with Crippen molar-refractivity contribution in [1.29, 1.82) is 0 Å². The van der Waals surface area contributed by atoms with E-state index in [-0.39, 0.29) is 12.1 Å². The number of urea groups is 1. The Bertz CT molecular complexity index is 689. The summed E-state index contributed by atoms with van der Waals surface area (Å²) >= 11 is 6.09. The van der Waals surface area contributed by atoms with Crippen LogP contribution in [0.3, 0.4) is 0 Å². The SMILES string of the molecule is COc1ccc(C(CNC(=O)NCc2ccccc2Cl)N(C)C)cc1. The molecule has 134 valence electrons. The van der Waals surface area contributed by atoms with Gasteiger partial charge >= 0.3 is 6.03 Å². The number of likely N-dealkylation sites (N-methyl/N-ethyl adjacent to an activating group) is 1. The van der Waals surface area contributed by atoms with Gasteiger partial charge in [-0.05, 0) is 43.4 Å². The Morgan fingerprint density at radius 3 is 2.40 bits per heavy atom. The fourth-order valence-electron chi connectivity index (χ4n) is 2.49. The van der Waals surface area contributed by atoms with Crippen LogP contribution in [0.1, 0.15) is 17.2 Å². The first-order valence-electron chi connectivity index (χ1n) is 8.06. The first-order chi connectivity index (χ1) is 12.0. The van der Waals surface area contributed by atoms with Gasteiger partial charge in [-0.25, -0.2) is 4.79 Å². The lowest BCUT2D eigenvalue weighted by molar-refractivity contribution is 0.232. The van der Waals surface area contributed by atoms with E-state index >= 15 is 0 Å². The van der Waals surface area contributed by atoms with Crippen molar-refractivity contribution in [2.45, 2.75) is 12.6 Å². The van der Waals surface area contributed by atoms with E-state index in [9.17, 15) is 4.79 Å². The third-order valence-corrected chi connectivity index (χ3v) is 4.35. The number of rotatable bonds is 7. The van der Waals surface area contributed by atoms with Gasteiger partial charge in [-0.1, -0.05) is 41.9 Å². The fraction of sp³-hybridized carbons (Fsp3) is 0.316. The normalized spacial score (nSPS) is 11.9. The summed E-state index contributed by atoms with van der Waals surface area (Å²) in [5, 5.41) is 6.39. The van der Waals surface area contributed by atoms with Crippen LogP contribution >= 0.6 is 11.6 Å². The molecule has 0 spiro atoms. The molecule has 0 saturated heterocycles. The Labute approximate surface area is 153 Å². The number of benzene rings is 2. The number of nitrogens with one attached hydrogen (secondary N) is 2. The number of carbonyl (C=O) groups excluding carboxylic acids is 1. The minimum absolute atomic E-state index is 0.0666. The van der Waals surface area contributed by atoms with Crippen molar-refractivity contribution in [3.63, 3.8) is 0 Å². The molecule has 2 aromatic rings. The third kappa shape index (κ3) is 5.66. The van der Waals surface area contributed by atoms with Crippen molar-refractivity contribution in [2.24, 2.45) is 0 Å². The molecule has 0 fully saturated rings. The summed E-state index contributed by atoms with van der Waals surface area (Å²) in [5.74, 6) is 0.812. The summed E-state index contributed by atoms with van der Waals surface area (Å²) in [6, 6.07) is 15.2. The molecule has 0 bridgehead atoms. The first kappa shape index (κ1) is 19.1. The molecule has 1 atom stereocenters. The number of nitrogens with zero attached hydrogens (tertiary/aromatic N) is 1. The number of halogens is 1. The topological polar surface area (TPSA) is 53.6 Å². The highest BCUT2D eigenvalue weighted by atomic mass is 35.5. The predicted octanol–water partition coefficient (Wildman–Crippen LogP) is 3.45. The number of ether oxygens (including phenoxy) is 1. The van der Waals surface area contributed by atoms with E-state index in [1.165, 1.54) is 0 Å². The van der Waals surface area contributed by atoms with Gasteiger partial charge < -0.3 is 20.3 Å². The van der Waals surface area contributed by atoms with Crippen molar-refractivity contribution < 1.29 is 9.53 Å². The van der Waals surface area contributed by atoms with E-state index < -0.39 is 0 Å². The second-order valence-electron chi connectivity index (χ2n) is 5.91. The van der Waals surface area contributed by atoms with Crippen LogP contribution in [-0.2, 0) is 6.54 Å². The molecular weight excluding hydrogens is 338 g/mol. The molecule has 0 saturated carbocycles. The molecule has 0 aliphatic rings. The lowest BCUT2D eigenvalue weighted by Gasteiger charge is -2.25. The standard InChI is InChI=1S/C19H24ClN3O2/c1-23(2)18(14-8-10-16(25-3)11-9-14)13-22-19(24)21-12-15-6-4-5-7-17(15)20/h4-11,18H,12-13H2,1-3H3,(H2,21,22,24). The second kappa shape index (κ2) is 9.30. The molecule has 0 radical (unpaired) electrons. The highest BCUT2D eigenvalue weighted by molar-refractivity contribution is 6.31. The van der Waals surface area contributed by atoms with Gasteiger partial charge in [0.25, 0.3) is 0 Å². The average molecular weight is 362 g/mol. The summed E-state index contributed by atoms with van der Waals surface area (Å²) in [6.45, 7) is 0.883. The van der Waals surface area contributed by atoms with Crippen LogP contribution in [0, 0.1) is 0 Å². The predicted molar refractivity (Wildman–Crippen MR) is 101 cm³/mol. The monoisotopic (exact) mass is 361 g/mol. The maximum Gasteiger partial charge on any atom is 0.315 e. The third-order valence-electron chi connectivity index (χ3n) is 3.98. The van der Waals surface area contributed by atoms with Crippen molar-refractivity contribution in [3.05, 3.63) is 64.7 Å². The molecule has 0 aliphatic carbocycles. The summed E-state index contributed by atoms with van der Waals surface area (Å²) < 4.78 is 5.19. The van der Waals surface area contributed by atoms with Crippen LogP contribution in [0.4, 0.5) is 4.79 Å².